The summed E-state index contributed by atoms with van der Waals surface area (Å²) in [7, 11) is 2.18. The van der Waals surface area contributed by atoms with Gasteiger partial charge < -0.3 is 10.1 Å². The van der Waals surface area contributed by atoms with E-state index in [0.717, 1.165) is 32.2 Å². The Morgan fingerprint density at radius 1 is 1.38 bits per heavy atom. The first-order chi connectivity index (χ1) is 7.65. The van der Waals surface area contributed by atoms with E-state index >= 15 is 0 Å². The Morgan fingerprint density at radius 3 is 2.62 bits per heavy atom. The van der Waals surface area contributed by atoms with Gasteiger partial charge in [-0.1, -0.05) is 6.92 Å². The summed E-state index contributed by atoms with van der Waals surface area (Å²) in [5, 5.41) is 3.46. The van der Waals surface area contributed by atoms with Crippen LogP contribution in [-0.4, -0.2) is 50.3 Å². The summed E-state index contributed by atoms with van der Waals surface area (Å²) in [5.74, 6) is 0.878. The van der Waals surface area contributed by atoms with Crippen LogP contribution in [0.1, 0.15) is 33.6 Å². The fourth-order valence-electron chi connectivity index (χ4n) is 1.82. The zero-order valence-electron chi connectivity index (χ0n) is 11.3. The Kier molecular flexibility index (Phi) is 6.32. The van der Waals surface area contributed by atoms with Gasteiger partial charge in [-0.25, -0.2) is 0 Å². The summed E-state index contributed by atoms with van der Waals surface area (Å²) < 4.78 is 5.66. The van der Waals surface area contributed by atoms with Crippen LogP contribution in [0.15, 0.2) is 0 Å². The molecule has 2 atom stereocenters. The van der Waals surface area contributed by atoms with Crippen molar-refractivity contribution in [2.45, 2.75) is 45.7 Å². The molecule has 3 nitrogen and oxygen atoms in total. The van der Waals surface area contributed by atoms with E-state index in [2.05, 4.69) is 38.0 Å². The maximum Gasteiger partial charge on any atom is 0.0593 e. The molecule has 1 N–H and O–H groups in total. The highest BCUT2D eigenvalue weighted by Gasteiger charge is 2.21. The standard InChI is InChI=1S/C13H28N2O/c1-5-14-11(2)12(3)15(4)8-9-16-10-13-6-7-13/h11-14H,5-10H2,1-4H3. The first-order valence-electron chi connectivity index (χ1n) is 6.66. The van der Waals surface area contributed by atoms with Crippen LogP contribution in [0, 0.1) is 5.92 Å². The van der Waals surface area contributed by atoms with Gasteiger partial charge in [-0.15, -0.1) is 0 Å². The molecular formula is C13H28N2O. The minimum atomic E-state index is 0.540. The van der Waals surface area contributed by atoms with Gasteiger partial charge in [0.2, 0.25) is 0 Å². The SMILES string of the molecule is CCNC(C)C(C)N(C)CCOCC1CC1. The van der Waals surface area contributed by atoms with Gasteiger partial charge in [-0.3, -0.25) is 4.90 Å². The van der Waals surface area contributed by atoms with Gasteiger partial charge in [-0.2, -0.15) is 0 Å². The molecule has 0 aromatic heterocycles. The van der Waals surface area contributed by atoms with E-state index in [1.54, 1.807) is 0 Å². The average Bonchev–Trinajstić information content (AvgIpc) is 3.07. The Morgan fingerprint density at radius 2 is 2.06 bits per heavy atom. The highest BCUT2D eigenvalue weighted by Crippen LogP contribution is 2.28. The molecule has 1 rings (SSSR count). The fourth-order valence-corrected chi connectivity index (χ4v) is 1.82. The van der Waals surface area contributed by atoms with Crippen LogP contribution in [0.3, 0.4) is 0 Å². The second kappa shape index (κ2) is 7.25. The quantitative estimate of drug-likeness (QED) is 0.608. The Bertz CT molecular complexity index is 183. The predicted molar refractivity (Wildman–Crippen MR) is 68.8 cm³/mol. The van der Waals surface area contributed by atoms with E-state index in [9.17, 15) is 0 Å². The maximum absolute atomic E-state index is 5.66. The number of nitrogens with zero attached hydrogens (tertiary/aromatic N) is 1. The Balaban J connectivity index is 2.04. The van der Waals surface area contributed by atoms with Gasteiger partial charge in [0.25, 0.3) is 0 Å². The van der Waals surface area contributed by atoms with E-state index in [1.165, 1.54) is 12.8 Å². The zero-order chi connectivity index (χ0) is 12.0. The molecule has 0 radical (unpaired) electrons. The lowest BCUT2D eigenvalue weighted by Gasteiger charge is -2.30. The Labute approximate surface area is 101 Å². The second-order valence-corrected chi connectivity index (χ2v) is 5.09. The van der Waals surface area contributed by atoms with Crippen LogP contribution < -0.4 is 5.32 Å². The molecular weight excluding hydrogens is 200 g/mol. The van der Waals surface area contributed by atoms with Crippen LogP contribution in [0.2, 0.25) is 0 Å². The number of hydrogen-bond donors (Lipinski definition) is 1. The van der Waals surface area contributed by atoms with Crippen LogP contribution in [0.4, 0.5) is 0 Å². The Hall–Kier alpha value is -0.120. The summed E-state index contributed by atoms with van der Waals surface area (Å²) in [6, 6.07) is 1.10. The van der Waals surface area contributed by atoms with E-state index in [1.807, 2.05) is 0 Å². The molecule has 1 aliphatic rings. The van der Waals surface area contributed by atoms with Crippen molar-refractivity contribution in [3.8, 4) is 0 Å². The number of nitrogens with one attached hydrogen (secondary N) is 1. The number of ether oxygens (including phenoxy) is 1. The topological polar surface area (TPSA) is 24.5 Å². The van der Waals surface area contributed by atoms with Gasteiger partial charge in [0.05, 0.1) is 6.61 Å². The number of likely N-dealkylation sites (N-methyl/N-ethyl adjacent to an activating group) is 2. The first kappa shape index (κ1) is 13.9. The summed E-state index contributed by atoms with van der Waals surface area (Å²) in [6.45, 7) is 10.6. The number of hydrogen-bond acceptors (Lipinski definition) is 3. The second-order valence-electron chi connectivity index (χ2n) is 5.09. The molecule has 2 unspecified atom stereocenters. The molecule has 1 fully saturated rings. The number of rotatable bonds is 9. The van der Waals surface area contributed by atoms with Gasteiger partial charge >= 0.3 is 0 Å². The highest BCUT2D eigenvalue weighted by atomic mass is 16.5. The first-order valence-corrected chi connectivity index (χ1v) is 6.66. The third-order valence-electron chi connectivity index (χ3n) is 3.58. The van der Waals surface area contributed by atoms with Crippen LogP contribution in [0.25, 0.3) is 0 Å². The van der Waals surface area contributed by atoms with Gasteiger partial charge in [0.15, 0.2) is 0 Å². The zero-order valence-corrected chi connectivity index (χ0v) is 11.3. The smallest absolute Gasteiger partial charge is 0.0593 e. The minimum Gasteiger partial charge on any atom is -0.380 e. The molecule has 1 aliphatic carbocycles. The lowest BCUT2D eigenvalue weighted by Crippen LogP contribution is -2.46. The molecule has 0 bridgehead atoms. The van der Waals surface area contributed by atoms with Crippen molar-refractivity contribution in [1.29, 1.82) is 0 Å². The van der Waals surface area contributed by atoms with E-state index in [-0.39, 0.29) is 0 Å². The van der Waals surface area contributed by atoms with Crippen molar-refractivity contribution in [3.63, 3.8) is 0 Å². The molecule has 1 saturated carbocycles. The summed E-state index contributed by atoms with van der Waals surface area (Å²) in [4.78, 5) is 2.38. The van der Waals surface area contributed by atoms with Crippen molar-refractivity contribution >= 4 is 0 Å². The van der Waals surface area contributed by atoms with Gasteiger partial charge in [0, 0.05) is 25.2 Å². The molecule has 0 aromatic carbocycles. The van der Waals surface area contributed by atoms with Crippen molar-refractivity contribution in [2.75, 3.05) is 33.4 Å². The third kappa shape index (κ3) is 5.28. The minimum absolute atomic E-state index is 0.540. The normalized spacial score (nSPS) is 20.1. The van der Waals surface area contributed by atoms with E-state index in [0.29, 0.717) is 12.1 Å². The molecule has 0 aromatic rings. The summed E-state index contributed by atoms with van der Waals surface area (Å²) >= 11 is 0. The largest absolute Gasteiger partial charge is 0.380 e. The van der Waals surface area contributed by atoms with Crippen molar-refractivity contribution in [1.82, 2.24) is 10.2 Å². The van der Waals surface area contributed by atoms with Crippen LogP contribution >= 0.6 is 0 Å². The molecule has 96 valence electrons. The molecule has 0 amide bonds. The van der Waals surface area contributed by atoms with E-state index in [4.69, 9.17) is 4.74 Å². The third-order valence-corrected chi connectivity index (χ3v) is 3.58. The summed E-state index contributed by atoms with van der Waals surface area (Å²) in [5.41, 5.74) is 0. The summed E-state index contributed by atoms with van der Waals surface area (Å²) in [6.07, 6.45) is 2.76. The molecule has 0 spiro atoms. The van der Waals surface area contributed by atoms with E-state index < -0.39 is 0 Å². The van der Waals surface area contributed by atoms with Gasteiger partial charge in [-0.05, 0) is 46.2 Å². The molecule has 3 heteroatoms. The van der Waals surface area contributed by atoms with Crippen LogP contribution in [-0.2, 0) is 4.74 Å². The van der Waals surface area contributed by atoms with Crippen LogP contribution in [0.5, 0.6) is 0 Å². The fraction of sp³-hybridized carbons (Fsp3) is 1.00. The monoisotopic (exact) mass is 228 g/mol. The van der Waals surface area contributed by atoms with Crippen molar-refractivity contribution < 1.29 is 4.74 Å². The van der Waals surface area contributed by atoms with Gasteiger partial charge in [0.1, 0.15) is 0 Å². The molecule has 0 saturated heterocycles. The maximum atomic E-state index is 5.66. The highest BCUT2D eigenvalue weighted by molar-refractivity contribution is 4.75. The lowest BCUT2D eigenvalue weighted by atomic mass is 10.1. The lowest BCUT2D eigenvalue weighted by molar-refractivity contribution is 0.0884. The van der Waals surface area contributed by atoms with Crippen molar-refractivity contribution in [3.05, 3.63) is 0 Å². The predicted octanol–water partition coefficient (Wildman–Crippen LogP) is 1.73. The molecule has 0 aliphatic heterocycles. The van der Waals surface area contributed by atoms with Crippen molar-refractivity contribution in [2.24, 2.45) is 5.92 Å². The molecule has 16 heavy (non-hydrogen) atoms. The molecule has 0 heterocycles. The average molecular weight is 228 g/mol.